The van der Waals surface area contributed by atoms with Gasteiger partial charge in [-0.2, -0.15) is 9.57 Å². The number of sulfonamides is 1. The zero-order valence-electron chi connectivity index (χ0n) is 12.1. The molecule has 0 bridgehead atoms. The van der Waals surface area contributed by atoms with Crippen LogP contribution in [0.1, 0.15) is 44.1 Å². The van der Waals surface area contributed by atoms with Gasteiger partial charge in [0.1, 0.15) is 0 Å². The summed E-state index contributed by atoms with van der Waals surface area (Å²) in [6, 6.07) is 8.31. The molecule has 2 aliphatic rings. The first-order valence-corrected chi connectivity index (χ1v) is 9.00. The van der Waals surface area contributed by atoms with E-state index in [0.29, 0.717) is 24.1 Å². The zero-order chi connectivity index (χ0) is 14.9. The Hall–Kier alpha value is -1.38. The van der Waals surface area contributed by atoms with Crippen LogP contribution in [0.25, 0.3) is 0 Å². The van der Waals surface area contributed by atoms with Crippen molar-refractivity contribution >= 4 is 10.0 Å². The van der Waals surface area contributed by atoms with Crippen LogP contribution >= 0.6 is 0 Å². The second-order valence-corrected chi connectivity index (χ2v) is 8.19. The molecule has 1 spiro atoms. The van der Waals surface area contributed by atoms with Crippen LogP contribution in [0, 0.1) is 16.7 Å². The summed E-state index contributed by atoms with van der Waals surface area (Å²) in [6.45, 7) is 1.22. The minimum Gasteiger partial charge on any atom is -0.207 e. The molecule has 1 aliphatic heterocycles. The van der Waals surface area contributed by atoms with Crippen LogP contribution in [0.2, 0.25) is 0 Å². The Morgan fingerprint density at radius 1 is 1.10 bits per heavy atom. The highest BCUT2D eigenvalue weighted by Gasteiger charge is 2.40. The molecule has 1 saturated heterocycles. The molecule has 1 aromatic rings. The molecule has 3 rings (SSSR count). The summed E-state index contributed by atoms with van der Waals surface area (Å²) in [7, 11) is -3.46. The first-order valence-electron chi connectivity index (χ1n) is 7.56. The van der Waals surface area contributed by atoms with E-state index in [2.05, 4.69) is 0 Å². The molecule has 112 valence electrons. The topological polar surface area (TPSA) is 61.2 Å². The molecule has 0 amide bonds. The van der Waals surface area contributed by atoms with Crippen molar-refractivity contribution in [3.63, 3.8) is 0 Å². The molecule has 0 aromatic heterocycles. The predicted molar refractivity (Wildman–Crippen MR) is 80.1 cm³/mol. The largest absolute Gasteiger partial charge is 0.243 e. The number of nitrogens with zero attached hydrogens (tertiary/aromatic N) is 2. The highest BCUT2D eigenvalue weighted by atomic mass is 32.2. The third kappa shape index (κ3) is 2.70. The summed E-state index contributed by atoms with van der Waals surface area (Å²) in [6.07, 6.45) is 7.04. The van der Waals surface area contributed by atoms with Gasteiger partial charge in [-0.3, -0.25) is 0 Å². The van der Waals surface area contributed by atoms with E-state index in [9.17, 15) is 8.42 Å². The van der Waals surface area contributed by atoms with Crippen molar-refractivity contribution in [1.29, 1.82) is 5.26 Å². The summed E-state index contributed by atoms with van der Waals surface area (Å²) in [4.78, 5) is 0.240. The Bertz CT molecular complexity index is 660. The number of nitriles is 1. The van der Waals surface area contributed by atoms with Gasteiger partial charge in [-0.1, -0.05) is 18.9 Å². The standard InChI is InChI=1S/C16H20N2O2S/c17-13-14-4-3-5-15(12-14)21(19,20)18-10-8-16(9-11-18)6-1-2-7-16/h3-5,12H,1-2,6-11H2. The fourth-order valence-corrected chi connectivity index (χ4v) is 5.19. The van der Waals surface area contributed by atoms with Crippen molar-refractivity contribution in [2.75, 3.05) is 13.1 Å². The first-order chi connectivity index (χ1) is 10.1. The highest BCUT2D eigenvalue weighted by molar-refractivity contribution is 7.89. The van der Waals surface area contributed by atoms with E-state index in [1.54, 1.807) is 22.5 Å². The third-order valence-corrected chi connectivity index (χ3v) is 6.94. The Balaban J connectivity index is 1.78. The third-order valence-electron chi connectivity index (χ3n) is 5.05. The van der Waals surface area contributed by atoms with E-state index in [1.807, 2.05) is 6.07 Å². The quantitative estimate of drug-likeness (QED) is 0.844. The van der Waals surface area contributed by atoms with Gasteiger partial charge in [0, 0.05) is 13.1 Å². The molecule has 21 heavy (non-hydrogen) atoms. The van der Waals surface area contributed by atoms with E-state index >= 15 is 0 Å². The van der Waals surface area contributed by atoms with Gasteiger partial charge in [-0.25, -0.2) is 8.42 Å². The van der Waals surface area contributed by atoms with E-state index in [-0.39, 0.29) is 4.90 Å². The lowest BCUT2D eigenvalue weighted by molar-refractivity contribution is 0.160. The Labute approximate surface area is 126 Å². The molecule has 1 aromatic carbocycles. The minimum absolute atomic E-state index is 0.240. The van der Waals surface area contributed by atoms with Gasteiger partial charge in [0.05, 0.1) is 16.5 Å². The molecule has 0 radical (unpaired) electrons. The lowest BCUT2D eigenvalue weighted by Gasteiger charge is -2.38. The molecule has 4 nitrogen and oxygen atoms in total. The van der Waals surface area contributed by atoms with Crippen molar-refractivity contribution < 1.29 is 8.42 Å². The number of hydrogen-bond acceptors (Lipinski definition) is 3. The fraction of sp³-hybridized carbons (Fsp3) is 0.562. The van der Waals surface area contributed by atoms with Crippen LogP contribution in [0.3, 0.4) is 0 Å². The number of benzene rings is 1. The number of rotatable bonds is 2. The average Bonchev–Trinajstić information content (AvgIpc) is 2.96. The van der Waals surface area contributed by atoms with Gasteiger partial charge in [0.15, 0.2) is 0 Å². The number of hydrogen-bond donors (Lipinski definition) is 0. The van der Waals surface area contributed by atoms with Gasteiger partial charge in [-0.05, 0) is 49.3 Å². The minimum atomic E-state index is -3.46. The summed E-state index contributed by atoms with van der Waals surface area (Å²) in [5.74, 6) is 0. The van der Waals surface area contributed by atoms with Gasteiger partial charge in [-0.15, -0.1) is 0 Å². The molecule has 2 fully saturated rings. The van der Waals surface area contributed by atoms with Crippen LogP contribution in [0.15, 0.2) is 29.2 Å². The first kappa shape index (κ1) is 14.6. The smallest absolute Gasteiger partial charge is 0.207 e. The second-order valence-electron chi connectivity index (χ2n) is 6.25. The van der Waals surface area contributed by atoms with E-state index < -0.39 is 10.0 Å². The van der Waals surface area contributed by atoms with Crippen LogP contribution in [-0.4, -0.2) is 25.8 Å². The monoisotopic (exact) mass is 304 g/mol. The molecular formula is C16H20N2O2S. The van der Waals surface area contributed by atoms with Gasteiger partial charge in [0.2, 0.25) is 10.0 Å². The Kier molecular flexibility index (Phi) is 3.76. The molecule has 0 N–H and O–H groups in total. The molecule has 0 atom stereocenters. The van der Waals surface area contributed by atoms with Crippen LogP contribution in [0.5, 0.6) is 0 Å². The van der Waals surface area contributed by atoms with Gasteiger partial charge < -0.3 is 0 Å². The van der Waals surface area contributed by atoms with Crippen LogP contribution in [-0.2, 0) is 10.0 Å². The van der Waals surface area contributed by atoms with E-state index in [4.69, 9.17) is 5.26 Å². The van der Waals surface area contributed by atoms with Crippen molar-refractivity contribution in [3.8, 4) is 6.07 Å². The SMILES string of the molecule is N#Cc1cccc(S(=O)(=O)N2CCC3(CCCC3)CC2)c1. The maximum atomic E-state index is 12.7. The molecular weight excluding hydrogens is 284 g/mol. The Morgan fingerprint density at radius 3 is 2.38 bits per heavy atom. The molecule has 0 unspecified atom stereocenters. The van der Waals surface area contributed by atoms with Gasteiger partial charge in [0.25, 0.3) is 0 Å². The van der Waals surface area contributed by atoms with Crippen molar-refractivity contribution in [3.05, 3.63) is 29.8 Å². The summed E-state index contributed by atoms with van der Waals surface area (Å²) in [5.41, 5.74) is 0.793. The lowest BCUT2D eigenvalue weighted by Crippen LogP contribution is -2.42. The maximum Gasteiger partial charge on any atom is 0.243 e. The van der Waals surface area contributed by atoms with Crippen molar-refractivity contribution in [2.45, 2.75) is 43.4 Å². The second kappa shape index (κ2) is 5.43. The van der Waals surface area contributed by atoms with Crippen LogP contribution in [0.4, 0.5) is 0 Å². The summed E-state index contributed by atoms with van der Waals surface area (Å²) < 4.78 is 26.9. The van der Waals surface area contributed by atoms with Crippen molar-refractivity contribution in [2.24, 2.45) is 5.41 Å². The van der Waals surface area contributed by atoms with Crippen LogP contribution < -0.4 is 0 Å². The highest BCUT2D eigenvalue weighted by Crippen LogP contribution is 2.46. The van der Waals surface area contributed by atoms with Crippen molar-refractivity contribution in [1.82, 2.24) is 4.31 Å². The summed E-state index contributed by atoms with van der Waals surface area (Å²) in [5, 5.41) is 8.92. The molecule has 5 heteroatoms. The fourth-order valence-electron chi connectivity index (χ4n) is 3.70. The maximum absolute atomic E-state index is 12.7. The average molecular weight is 304 g/mol. The Morgan fingerprint density at radius 2 is 1.76 bits per heavy atom. The normalized spacial score (nSPS) is 22.2. The van der Waals surface area contributed by atoms with E-state index in [1.165, 1.54) is 31.7 Å². The van der Waals surface area contributed by atoms with Gasteiger partial charge >= 0.3 is 0 Å². The number of piperidine rings is 1. The lowest BCUT2D eigenvalue weighted by atomic mass is 9.78. The molecule has 1 saturated carbocycles. The predicted octanol–water partition coefficient (Wildman–Crippen LogP) is 2.90. The summed E-state index contributed by atoms with van der Waals surface area (Å²) >= 11 is 0. The molecule has 1 aliphatic carbocycles. The molecule has 1 heterocycles. The zero-order valence-corrected chi connectivity index (χ0v) is 12.9. The van der Waals surface area contributed by atoms with E-state index in [0.717, 1.165) is 12.8 Å².